The molecule has 22 heavy (non-hydrogen) atoms. The van der Waals surface area contributed by atoms with Gasteiger partial charge in [-0.15, -0.1) is 0 Å². The number of likely N-dealkylation sites (tertiary alicyclic amines) is 1. The summed E-state index contributed by atoms with van der Waals surface area (Å²) < 4.78 is 24.6. The molecule has 6 heteroatoms. The molecule has 3 rings (SSSR count). The Bertz CT molecular complexity index is 506. The van der Waals surface area contributed by atoms with E-state index in [1.807, 2.05) is 0 Å². The molecule has 1 saturated heterocycles. The van der Waals surface area contributed by atoms with Gasteiger partial charge in [-0.3, -0.25) is 0 Å². The highest BCUT2D eigenvalue weighted by molar-refractivity contribution is 5.46. The fourth-order valence-corrected chi connectivity index (χ4v) is 2.91. The number of aliphatic hydroxyl groups excluding tert-OH is 1. The van der Waals surface area contributed by atoms with Gasteiger partial charge in [0.2, 0.25) is 0 Å². The van der Waals surface area contributed by atoms with Crippen molar-refractivity contribution in [1.82, 2.24) is 4.90 Å². The van der Waals surface area contributed by atoms with Crippen molar-refractivity contribution in [2.45, 2.75) is 32.4 Å². The first kappa shape index (κ1) is 17.0. The van der Waals surface area contributed by atoms with Crippen LogP contribution in [0.1, 0.15) is 31.9 Å². The summed E-state index contributed by atoms with van der Waals surface area (Å²) in [5.74, 6) is -0.0661. The van der Waals surface area contributed by atoms with Crippen molar-refractivity contribution < 1.29 is 19.0 Å². The summed E-state index contributed by atoms with van der Waals surface area (Å²) in [5.41, 5.74) is 6.50. The average molecular weight is 312 g/mol. The average Bonchev–Trinajstić information content (AvgIpc) is 2.99. The summed E-state index contributed by atoms with van der Waals surface area (Å²) >= 11 is 0. The summed E-state index contributed by atoms with van der Waals surface area (Å²) in [7, 11) is 0. The summed E-state index contributed by atoms with van der Waals surface area (Å²) in [6.07, 6.45) is 1.42. The van der Waals surface area contributed by atoms with Crippen LogP contribution < -0.4 is 15.2 Å². The Morgan fingerprint density at radius 3 is 2.64 bits per heavy atom. The van der Waals surface area contributed by atoms with Crippen LogP contribution in [0.3, 0.4) is 0 Å². The van der Waals surface area contributed by atoms with Crippen molar-refractivity contribution >= 4 is 0 Å². The number of benzene rings is 1. The minimum Gasteiger partial charge on any atom is -0.486 e. The summed E-state index contributed by atoms with van der Waals surface area (Å²) in [6.45, 7) is 3.34. The van der Waals surface area contributed by atoms with E-state index in [2.05, 4.69) is 4.90 Å². The van der Waals surface area contributed by atoms with Gasteiger partial charge in [0.05, 0.1) is 6.10 Å². The Balaban J connectivity index is 0.00000176. The maximum Gasteiger partial charge on any atom is 0.197 e. The number of hydrogen-bond acceptors (Lipinski definition) is 5. The zero-order valence-corrected chi connectivity index (χ0v) is 11.9. The second-order valence-corrected chi connectivity index (χ2v) is 5.64. The molecule has 124 valence electrons. The Labute approximate surface area is 130 Å². The number of rotatable bonds is 4. The highest BCUT2D eigenvalue weighted by atomic mass is 19.1. The van der Waals surface area contributed by atoms with E-state index in [-0.39, 0.29) is 13.2 Å². The summed E-state index contributed by atoms with van der Waals surface area (Å²) in [6, 6.07) is 2.44. The Morgan fingerprint density at radius 2 is 1.91 bits per heavy atom. The van der Waals surface area contributed by atoms with E-state index in [1.165, 1.54) is 18.9 Å². The molecule has 2 heterocycles. The van der Waals surface area contributed by atoms with Gasteiger partial charge in [0.15, 0.2) is 17.3 Å². The molecule has 2 aliphatic rings. The molecular formula is C16H25FN2O3. The Morgan fingerprint density at radius 1 is 1.23 bits per heavy atom. The lowest BCUT2D eigenvalue weighted by molar-refractivity contribution is 0.122. The number of nitrogens with two attached hydrogens (primary N) is 1. The molecule has 1 aromatic carbocycles. The Hall–Kier alpha value is -1.37. The molecule has 5 nitrogen and oxygen atoms in total. The molecular weight excluding hydrogens is 287 g/mol. The van der Waals surface area contributed by atoms with Crippen LogP contribution in [0.4, 0.5) is 4.39 Å². The van der Waals surface area contributed by atoms with Crippen LogP contribution in [0.15, 0.2) is 12.1 Å². The van der Waals surface area contributed by atoms with E-state index in [0.29, 0.717) is 31.1 Å². The van der Waals surface area contributed by atoms with Crippen molar-refractivity contribution in [3.8, 4) is 11.5 Å². The van der Waals surface area contributed by atoms with E-state index in [0.717, 1.165) is 13.1 Å². The molecule has 1 fully saturated rings. The standard InChI is InChI=1S/C15H21FN2O3.CH4/c16-11-7-10(8-13-15(11)21-6-5-20-13)14(19)12(17)9-18-3-1-2-4-18;/h7-8,12,14,19H,1-6,9,17H2;1H4/t12-,14-;/m1./s1. The van der Waals surface area contributed by atoms with Gasteiger partial charge in [0.1, 0.15) is 13.2 Å². The third kappa shape index (κ3) is 3.51. The largest absolute Gasteiger partial charge is 0.486 e. The molecule has 3 N–H and O–H groups in total. The van der Waals surface area contributed by atoms with Crippen LogP contribution >= 0.6 is 0 Å². The van der Waals surface area contributed by atoms with Gasteiger partial charge in [-0.05, 0) is 43.6 Å². The van der Waals surface area contributed by atoms with Crippen LogP contribution in [0.25, 0.3) is 0 Å². The maximum absolute atomic E-state index is 14.0. The van der Waals surface area contributed by atoms with Gasteiger partial charge in [-0.2, -0.15) is 0 Å². The van der Waals surface area contributed by atoms with Crippen LogP contribution in [0.2, 0.25) is 0 Å². The highest BCUT2D eigenvalue weighted by Gasteiger charge is 2.25. The minimum absolute atomic E-state index is 0. The SMILES string of the molecule is C.N[C@H](CN1CCCC1)[C@H](O)c1cc(F)c2c(c1)OCCO2. The molecule has 0 bridgehead atoms. The smallest absolute Gasteiger partial charge is 0.197 e. The predicted octanol–water partition coefficient (Wildman–Crippen LogP) is 1.69. The third-order valence-electron chi connectivity index (χ3n) is 4.03. The first-order chi connectivity index (χ1) is 10.1. The van der Waals surface area contributed by atoms with Gasteiger partial charge in [0, 0.05) is 12.6 Å². The number of ether oxygens (including phenoxy) is 2. The van der Waals surface area contributed by atoms with Crippen molar-refractivity contribution in [2.75, 3.05) is 32.8 Å². The topological polar surface area (TPSA) is 68.0 Å². The normalized spacial score (nSPS) is 20.3. The lowest BCUT2D eigenvalue weighted by atomic mass is 10.0. The molecule has 0 saturated carbocycles. The van der Waals surface area contributed by atoms with Gasteiger partial charge in [0.25, 0.3) is 0 Å². The molecule has 0 unspecified atom stereocenters. The number of halogens is 1. The minimum atomic E-state index is -0.920. The lowest BCUT2D eigenvalue weighted by Crippen LogP contribution is -2.40. The van der Waals surface area contributed by atoms with Gasteiger partial charge < -0.3 is 25.2 Å². The quantitative estimate of drug-likeness (QED) is 0.885. The van der Waals surface area contributed by atoms with E-state index in [9.17, 15) is 9.50 Å². The van der Waals surface area contributed by atoms with Gasteiger partial charge >= 0.3 is 0 Å². The first-order valence-corrected chi connectivity index (χ1v) is 7.40. The van der Waals surface area contributed by atoms with Crippen molar-refractivity contribution in [2.24, 2.45) is 5.73 Å². The third-order valence-corrected chi connectivity index (χ3v) is 4.03. The van der Waals surface area contributed by atoms with E-state index >= 15 is 0 Å². The van der Waals surface area contributed by atoms with E-state index in [4.69, 9.17) is 15.2 Å². The van der Waals surface area contributed by atoms with Crippen molar-refractivity contribution in [3.63, 3.8) is 0 Å². The number of hydrogen-bond donors (Lipinski definition) is 2. The highest BCUT2D eigenvalue weighted by Crippen LogP contribution is 2.36. The molecule has 0 aromatic heterocycles. The molecule has 1 aromatic rings. The number of nitrogens with zero attached hydrogens (tertiary/aromatic N) is 1. The summed E-state index contributed by atoms with van der Waals surface area (Å²) in [5, 5.41) is 10.4. The zero-order valence-electron chi connectivity index (χ0n) is 11.9. The fraction of sp³-hybridized carbons (Fsp3) is 0.625. The second-order valence-electron chi connectivity index (χ2n) is 5.64. The van der Waals surface area contributed by atoms with Crippen LogP contribution in [0.5, 0.6) is 11.5 Å². The van der Waals surface area contributed by atoms with Crippen LogP contribution in [-0.2, 0) is 0 Å². The van der Waals surface area contributed by atoms with Gasteiger partial charge in [-0.1, -0.05) is 7.43 Å². The number of aliphatic hydroxyl groups is 1. The van der Waals surface area contributed by atoms with Crippen LogP contribution in [0, 0.1) is 5.82 Å². The monoisotopic (exact) mass is 312 g/mol. The molecule has 0 radical (unpaired) electrons. The van der Waals surface area contributed by atoms with E-state index < -0.39 is 18.0 Å². The summed E-state index contributed by atoms with van der Waals surface area (Å²) in [4.78, 5) is 2.22. The fourth-order valence-electron chi connectivity index (χ4n) is 2.91. The van der Waals surface area contributed by atoms with E-state index in [1.54, 1.807) is 6.07 Å². The van der Waals surface area contributed by atoms with Crippen molar-refractivity contribution in [1.29, 1.82) is 0 Å². The second kappa shape index (κ2) is 7.26. The Kier molecular flexibility index (Phi) is 5.61. The van der Waals surface area contributed by atoms with Crippen LogP contribution in [-0.4, -0.2) is 48.9 Å². The molecule has 0 spiro atoms. The van der Waals surface area contributed by atoms with Crippen molar-refractivity contribution in [3.05, 3.63) is 23.5 Å². The first-order valence-electron chi connectivity index (χ1n) is 7.40. The lowest BCUT2D eigenvalue weighted by Gasteiger charge is -2.26. The molecule has 2 atom stereocenters. The molecule has 0 amide bonds. The maximum atomic E-state index is 14.0. The number of fused-ring (bicyclic) bond motifs is 1. The van der Waals surface area contributed by atoms with Gasteiger partial charge in [-0.25, -0.2) is 4.39 Å². The zero-order chi connectivity index (χ0) is 14.8. The predicted molar refractivity (Wildman–Crippen MR) is 82.7 cm³/mol. The molecule has 0 aliphatic carbocycles. The molecule has 2 aliphatic heterocycles.